The summed E-state index contributed by atoms with van der Waals surface area (Å²) in [5.74, 6) is 0.219. The number of rotatable bonds is 8. The van der Waals surface area contributed by atoms with Crippen LogP contribution in [0.15, 0.2) is 71.6 Å². The summed E-state index contributed by atoms with van der Waals surface area (Å²) in [4.78, 5) is 12.5. The van der Waals surface area contributed by atoms with Crippen molar-refractivity contribution < 1.29 is 17.9 Å². The van der Waals surface area contributed by atoms with Crippen molar-refractivity contribution in [2.75, 3.05) is 11.9 Å². The fraction of sp³-hybridized carbons (Fsp3) is 0.208. The predicted molar refractivity (Wildman–Crippen MR) is 122 cm³/mol. The van der Waals surface area contributed by atoms with E-state index in [-0.39, 0.29) is 11.4 Å². The standard InChI is InChI=1S/C24H26N2O4S/c1-17-13-18(2)24(19(3)14-17)31(28,29)25-15-23(27)26-21-9-11-22(12-10-21)30-16-20-7-5-4-6-8-20/h4-14,25H,15-16H2,1-3H3,(H,26,27). The molecule has 0 spiro atoms. The molecule has 0 atom stereocenters. The van der Waals surface area contributed by atoms with Gasteiger partial charge in [0.05, 0.1) is 11.4 Å². The Morgan fingerprint density at radius 2 is 1.52 bits per heavy atom. The van der Waals surface area contributed by atoms with E-state index in [1.807, 2.05) is 49.4 Å². The van der Waals surface area contributed by atoms with Gasteiger partial charge in [0.1, 0.15) is 12.4 Å². The van der Waals surface area contributed by atoms with E-state index < -0.39 is 15.9 Å². The molecule has 0 saturated carbocycles. The normalized spacial score (nSPS) is 11.2. The van der Waals surface area contributed by atoms with Crippen LogP contribution in [0.1, 0.15) is 22.3 Å². The van der Waals surface area contributed by atoms with Gasteiger partial charge in [-0.2, -0.15) is 0 Å². The zero-order chi connectivity index (χ0) is 22.4. The molecule has 0 heterocycles. The van der Waals surface area contributed by atoms with Gasteiger partial charge in [0, 0.05) is 5.69 Å². The molecule has 6 nitrogen and oxygen atoms in total. The highest BCUT2D eigenvalue weighted by atomic mass is 32.2. The van der Waals surface area contributed by atoms with Crippen LogP contribution in [-0.2, 0) is 21.4 Å². The van der Waals surface area contributed by atoms with Gasteiger partial charge in [-0.15, -0.1) is 0 Å². The second-order valence-electron chi connectivity index (χ2n) is 7.40. The first-order valence-electron chi connectivity index (χ1n) is 9.89. The number of hydrogen-bond donors (Lipinski definition) is 2. The van der Waals surface area contributed by atoms with Crippen LogP contribution in [0, 0.1) is 20.8 Å². The average molecular weight is 439 g/mol. The Kier molecular flexibility index (Phi) is 7.09. The Labute approximate surface area is 183 Å². The van der Waals surface area contributed by atoms with Crippen LogP contribution in [0.4, 0.5) is 5.69 Å². The SMILES string of the molecule is Cc1cc(C)c(S(=O)(=O)NCC(=O)Nc2ccc(OCc3ccccc3)cc2)c(C)c1. The van der Waals surface area contributed by atoms with E-state index in [1.165, 1.54) is 0 Å². The maximum atomic E-state index is 12.7. The highest BCUT2D eigenvalue weighted by molar-refractivity contribution is 7.89. The number of benzene rings is 3. The third kappa shape index (κ3) is 6.16. The van der Waals surface area contributed by atoms with Crippen LogP contribution in [-0.4, -0.2) is 20.9 Å². The van der Waals surface area contributed by atoms with Crippen molar-refractivity contribution in [1.82, 2.24) is 4.72 Å². The summed E-state index contributed by atoms with van der Waals surface area (Å²) >= 11 is 0. The van der Waals surface area contributed by atoms with Crippen molar-refractivity contribution >= 4 is 21.6 Å². The number of amides is 1. The first kappa shape index (κ1) is 22.5. The molecule has 2 N–H and O–H groups in total. The van der Waals surface area contributed by atoms with Crippen LogP contribution in [0.2, 0.25) is 0 Å². The number of sulfonamides is 1. The lowest BCUT2D eigenvalue weighted by Gasteiger charge is -2.13. The second kappa shape index (κ2) is 9.76. The maximum Gasteiger partial charge on any atom is 0.241 e. The van der Waals surface area contributed by atoms with Gasteiger partial charge >= 0.3 is 0 Å². The molecule has 0 aliphatic rings. The molecule has 0 aromatic heterocycles. The molecule has 0 aliphatic carbocycles. The molecule has 162 valence electrons. The average Bonchev–Trinajstić information content (AvgIpc) is 2.72. The van der Waals surface area contributed by atoms with Crippen LogP contribution < -0.4 is 14.8 Å². The Morgan fingerprint density at radius 1 is 0.903 bits per heavy atom. The summed E-state index contributed by atoms with van der Waals surface area (Å²) in [6.07, 6.45) is 0. The van der Waals surface area contributed by atoms with E-state index in [0.717, 1.165) is 11.1 Å². The van der Waals surface area contributed by atoms with E-state index in [1.54, 1.807) is 38.1 Å². The first-order valence-corrected chi connectivity index (χ1v) is 11.4. The fourth-order valence-electron chi connectivity index (χ4n) is 3.40. The van der Waals surface area contributed by atoms with E-state index in [2.05, 4.69) is 10.0 Å². The van der Waals surface area contributed by atoms with E-state index >= 15 is 0 Å². The van der Waals surface area contributed by atoms with Crippen molar-refractivity contribution in [3.05, 3.63) is 89.0 Å². The molecule has 3 aromatic rings. The highest BCUT2D eigenvalue weighted by Gasteiger charge is 2.20. The Morgan fingerprint density at radius 3 is 2.13 bits per heavy atom. The van der Waals surface area contributed by atoms with Crippen LogP contribution in [0.3, 0.4) is 0 Å². The predicted octanol–water partition coefficient (Wildman–Crippen LogP) is 4.11. The number of carbonyl (C=O) groups is 1. The van der Waals surface area contributed by atoms with Gasteiger partial charge in [0.15, 0.2) is 0 Å². The van der Waals surface area contributed by atoms with Gasteiger partial charge in [-0.25, -0.2) is 13.1 Å². The number of carbonyl (C=O) groups excluding carboxylic acids is 1. The molecule has 0 aliphatic heterocycles. The quantitative estimate of drug-likeness (QED) is 0.554. The zero-order valence-corrected chi connectivity index (χ0v) is 18.6. The third-order valence-corrected chi connectivity index (χ3v) is 6.39. The minimum absolute atomic E-state index is 0.214. The van der Waals surface area contributed by atoms with Gasteiger partial charge in [0.25, 0.3) is 0 Å². The molecular weight excluding hydrogens is 412 g/mol. The lowest BCUT2D eigenvalue weighted by Crippen LogP contribution is -2.33. The summed E-state index contributed by atoms with van der Waals surface area (Å²) in [7, 11) is -3.80. The van der Waals surface area contributed by atoms with Crippen molar-refractivity contribution in [3.63, 3.8) is 0 Å². The summed E-state index contributed by atoms with van der Waals surface area (Å²) < 4.78 is 33.4. The smallest absolute Gasteiger partial charge is 0.241 e. The molecule has 1 amide bonds. The number of anilines is 1. The molecule has 3 rings (SSSR count). The topological polar surface area (TPSA) is 84.5 Å². The van der Waals surface area contributed by atoms with Gasteiger partial charge in [-0.3, -0.25) is 4.79 Å². The van der Waals surface area contributed by atoms with Gasteiger partial charge in [-0.1, -0.05) is 48.0 Å². The van der Waals surface area contributed by atoms with E-state index in [0.29, 0.717) is 29.2 Å². The molecular formula is C24H26N2O4S. The molecule has 31 heavy (non-hydrogen) atoms. The van der Waals surface area contributed by atoms with E-state index in [9.17, 15) is 13.2 Å². The Bertz CT molecular complexity index is 1130. The fourth-order valence-corrected chi connectivity index (χ4v) is 4.84. The number of ether oxygens (including phenoxy) is 1. The first-order chi connectivity index (χ1) is 14.7. The zero-order valence-electron chi connectivity index (χ0n) is 17.8. The molecule has 7 heteroatoms. The van der Waals surface area contributed by atoms with Gasteiger partial charge in [-0.05, 0) is 61.7 Å². The Balaban J connectivity index is 1.55. The highest BCUT2D eigenvalue weighted by Crippen LogP contribution is 2.21. The minimum atomic E-state index is -3.80. The van der Waals surface area contributed by atoms with E-state index in [4.69, 9.17) is 4.74 Å². The second-order valence-corrected chi connectivity index (χ2v) is 9.10. The number of nitrogens with one attached hydrogen (secondary N) is 2. The lowest BCUT2D eigenvalue weighted by atomic mass is 10.1. The monoisotopic (exact) mass is 438 g/mol. The molecule has 3 aromatic carbocycles. The van der Waals surface area contributed by atoms with Crippen LogP contribution in [0.5, 0.6) is 5.75 Å². The summed E-state index contributed by atoms with van der Waals surface area (Å²) in [6.45, 7) is 5.49. The van der Waals surface area contributed by atoms with Gasteiger partial charge < -0.3 is 10.1 Å². The number of aryl methyl sites for hydroxylation is 3. The van der Waals surface area contributed by atoms with Crippen molar-refractivity contribution in [2.24, 2.45) is 0 Å². The molecule has 0 saturated heterocycles. The number of hydrogen-bond acceptors (Lipinski definition) is 4. The summed E-state index contributed by atoms with van der Waals surface area (Å²) in [5, 5.41) is 2.68. The lowest BCUT2D eigenvalue weighted by molar-refractivity contribution is -0.115. The molecule has 0 bridgehead atoms. The van der Waals surface area contributed by atoms with Gasteiger partial charge in [0.2, 0.25) is 15.9 Å². The minimum Gasteiger partial charge on any atom is -0.489 e. The van der Waals surface area contributed by atoms with Crippen molar-refractivity contribution in [1.29, 1.82) is 0 Å². The molecule has 0 fully saturated rings. The molecule has 0 unspecified atom stereocenters. The van der Waals surface area contributed by atoms with Crippen LogP contribution >= 0.6 is 0 Å². The summed E-state index contributed by atoms with van der Waals surface area (Å²) in [6, 6.07) is 20.4. The molecule has 0 radical (unpaired) electrons. The Hall–Kier alpha value is -3.16. The third-order valence-electron chi connectivity index (χ3n) is 4.68. The van der Waals surface area contributed by atoms with Crippen LogP contribution in [0.25, 0.3) is 0 Å². The van der Waals surface area contributed by atoms with Crippen molar-refractivity contribution in [3.8, 4) is 5.75 Å². The summed E-state index contributed by atoms with van der Waals surface area (Å²) in [5.41, 5.74) is 3.90. The maximum absolute atomic E-state index is 12.7. The van der Waals surface area contributed by atoms with Crippen molar-refractivity contribution in [2.45, 2.75) is 32.3 Å². The largest absolute Gasteiger partial charge is 0.489 e.